The Hall–Kier alpha value is -1.62. The fourth-order valence-corrected chi connectivity index (χ4v) is 0.631. The van der Waals surface area contributed by atoms with Crippen LogP contribution in [-0.2, 0) is 0 Å². The lowest BCUT2D eigenvalue weighted by Crippen LogP contribution is -1.79. The molecule has 0 aromatic carbocycles. The Morgan fingerprint density at radius 2 is 2.40 bits per heavy atom. The molecule has 0 fully saturated rings. The average Bonchev–Trinajstić information content (AvgIpc) is 2.05. The second-order valence-corrected chi connectivity index (χ2v) is 1.82. The van der Waals surface area contributed by atoms with Crippen molar-refractivity contribution in [2.75, 3.05) is 0 Å². The van der Waals surface area contributed by atoms with E-state index in [2.05, 4.69) is 11.6 Å². The Morgan fingerprint density at radius 1 is 1.60 bits per heavy atom. The van der Waals surface area contributed by atoms with Crippen molar-refractivity contribution in [1.82, 2.24) is 4.98 Å². The first-order valence-corrected chi connectivity index (χ1v) is 2.84. The van der Waals surface area contributed by atoms with Crippen LogP contribution in [-0.4, -0.2) is 4.98 Å². The van der Waals surface area contributed by atoms with E-state index in [1.807, 2.05) is 6.07 Å². The Labute approximate surface area is 59.4 Å². The summed E-state index contributed by atoms with van der Waals surface area (Å²) in [6, 6.07) is 3.73. The van der Waals surface area contributed by atoms with Crippen molar-refractivity contribution in [3.8, 4) is 6.07 Å². The van der Waals surface area contributed by atoms with Gasteiger partial charge in [-0.2, -0.15) is 5.26 Å². The van der Waals surface area contributed by atoms with Gasteiger partial charge in [0.15, 0.2) is 0 Å². The van der Waals surface area contributed by atoms with Crippen molar-refractivity contribution in [2.24, 2.45) is 0 Å². The minimum atomic E-state index is 0.567. The van der Waals surface area contributed by atoms with Crippen molar-refractivity contribution in [3.63, 3.8) is 0 Å². The van der Waals surface area contributed by atoms with Crippen LogP contribution >= 0.6 is 0 Å². The molecule has 2 nitrogen and oxygen atoms in total. The van der Waals surface area contributed by atoms with Gasteiger partial charge >= 0.3 is 0 Å². The molecule has 0 saturated heterocycles. The Bertz CT molecular complexity index is 284. The van der Waals surface area contributed by atoms with E-state index in [0.29, 0.717) is 5.56 Å². The molecular weight excluding hydrogens is 124 g/mol. The molecule has 1 aromatic rings. The van der Waals surface area contributed by atoms with E-state index in [0.717, 1.165) is 5.56 Å². The highest BCUT2D eigenvalue weighted by Crippen LogP contribution is 2.01. The van der Waals surface area contributed by atoms with Crippen LogP contribution in [0.2, 0.25) is 0 Å². The van der Waals surface area contributed by atoms with Crippen molar-refractivity contribution in [2.45, 2.75) is 0 Å². The third-order valence-corrected chi connectivity index (χ3v) is 1.12. The second kappa shape index (κ2) is 2.79. The van der Waals surface area contributed by atoms with Crippen LogP contribution in [0.25, 0.3) is 6.08 Å². The molecule has 1 heterocycles. The van der Waals surface area contributed by atoms with Crippen LogP contribution in [0.5, 0.6) is 0 Å². The largest absolute Gasteiger partial charge is 0.263 e. The maximum absolute atomic E-state index is 8.43. The van der Waals surface area contributed by atoms with E-state index >= 15 is 0 Å². The van der Waals surface area contributed by atoms with Gasteiger partial charge in [-0.05, 0) is 11.6 Å². The lowest BCUT2D eigenvalue weighted by atomic mass is 10.2. The highest BCUT2D eigenvalue weighted by atomic mass is 14.6. The first-order valence-electron chi connectivity index (χ1n) is 2.84. The molecule has 0 atom stereocenters. The quantitative estimate of drug-likeness (QED) is 0.578. The maximum Gasteiger partial charge on any atom is 0.101 e. The molecule has 0 radical (unpaired) electrons. The van der Waals surface area contributed by atoms with Crippen molar-refractivity contribution >= 4 is 6.08 Å². The molecule has 0 saturated carbocycles. The summed E-state index contributed by atoms with van der Waals surface area (Å²) < 4.78 is 0. The lowest BCUT2D eigenvalue weighted by molar-refractivity contribution is 1.29. The number of hydrogen-bond acceptors (Lipinski definition) is 2. The third kappa shape index (κ3) is 1.20. The third-order valence-electron chi connectivity index (χ3n) is 1.12. The Morgan fingerprint density at radius 3 is 3.00 bits per heavy atom. The standard InChI is InChI=1S/C8H6N2/c1-2-7-3-8(4-9)6-10-5-7/h2-3,5-6H,1H2. The number of pyridine rings is 1. The van der Waals surface area contributed by atoms with Crippen LogP contribution < -0.4 is 0 Å². The van der Waals surface area contributed by atoms with Gasteiger partial charge in [0.25, 0.3) is 0 Å². The molecule has 10 heavy (non-hydrogen) atoms. The van der Waals surface area contributed by atoms with Gasteiger partial charge in [0.2, 0.25) is 0 Å². The summed E-state index contributed by atoms with van der Waals surface area (Å²) in [5.74, 6) is 0. The number of nitrogens with zero attached hydrogens (tertiary/aromatic N) is 2. The zero-order valence-electron chi connectivity index (χ0n) is 5.41. The van der Waals surface area contributed by atoms with Crippen LogP contribution in [0, 0.1) is 11.3 Å². The van der Waals surface area contributed by atoms with Crippen LogP contribution in [0.4, 0.5) is 0 Å². The summed E-state index contributed by atoms with van der Waals surface area (Å²) in [5, 5.41) is 8.43. The molecule has 2 heteroatoms. The zero-order valence-corrected chi connectivity index (χ0v) is 5.41. The summed E-state index contributed by atoms with van der Waals surface area (Å²) >= 11 is 0. The summed E-state index contributed by atoms with van der Waals surface area (Å²) in [4.78, 5) is 3.83. The summed E-state index contributed by atoms with van der Waals surface area (Å²) in [6.07, 6.45) is 4.84. The topological polar surface area (TPSA) is 36.7 Å². The van der Waals surface area contributed by atoms with Gasteiger partial charge in [-0.3, -0.25) is 4.98 Å². The van der Waals surface area contributed by atoms with E-state index in [4.69, 9.17) is 5.26 Å². The highest BCUT2D eigenvalue weighted by Gasteiger charge is 1.89. The zero-order chi connectivity index (χ0) is 7.40. The molecule has 0 amide bonds. The SMILES string of the molecule is C=Cc1cncc(C#N)c1. The summed E-state index contributed by atoms with van der Waals surface area (Å²) in [5.41, 5.74) is 1.44. The minimum absolute atomic E-state index is 0.567. The fraction of sp³-hybridized carbons (Fsp3) is 0. The van der Waals surface area contributed by atoms with Crippen molar-refractivity contribution in [1.29, 1.82) is 5.26 Å². The molecule has 0 spiro atoms. The molecule has 0 aliphatic carbocycles. The first-order chi connectivity index (χ1) is 4.86. The Balaban J connectivity index is 3.13. The van der Waals surface area contributed by atoms with Gasteiger partial charge in [-0.15, -0.1) is 0 Å². The number of nitriles is 1. The molecule has 1 rings (SSSR count). The maximum atomic E-state index is 8.43. The van der Waals surface area contributed by atoms with Crippen LogP contribution in [0.3, 0.4) is 0 Å². The van der Waals surface area contributed by atoms with Gasteiger partial charge in [0.05, 0.1) is 5.56 Å². The van der Waals surface area contributed by atoms with Gasteiger partial charge in [-0.1, -0.05) is 12.7 Å². The van der Waals surface area contributed by atoms with Crippen LogP contribution in [0.1, 0.15) is 11.1 Å². The molecule has 0 unspecified atom stereocenters. The van der Waals surface area contributed by atoms with E-state index in [-0.39, 0.29) is 0 Å². The van der Waals surface area contributed by atoms with Crippen molar-refractivity contribution < 1.29 is 0 Å². The molecule has 0 N–H and O–H groups in total. The lowest BCUT2D eigenvalue weighted by Gasteiger charge is -1.89. The smallest absolute Gasteiger partial charge is 0.101 e. The van der Waals surface area contributed by atoms with Crippen molar-refractivity contribution in [3.05, 3.63) is 36.2 Å². The average molecular weight is 130 g/mol. The normalized spacial score (nSPS) is 8.30. The number of hydrogen-bond donors (Lipinski definition) is 0. The fourth-order valence-electron chi connectivity index (χ4n) is 0.631. The van der Waals surface area contributed by atoms with Gasteiger partial charge in [0, 0.05) is 12.4 Å². The number of aromatic nitrogens is 1. The van der Waals surface area contributed by atoms with Gasteiger partial charge in [-0.25, -0.2) is 0 Å². The molecule has 1 aromatic heterocycles. The van der Waals surface area contributed by atoms with E-state index < -0.39 is 0 Å². The number of rotatable bonds is 1. The second-order valence-electron chi connectivity index (χ2n) is 1.82. The highest BCUT2D eigenvalue weighted by molar-refractivity contribution is 5.48. The van der Waals surface area contributed by atoms with E-state index in [1.165, 1.54) is 6.20 Å². The van der Waals surface area contributed by atoms with E-state index in [9.17, 15) is 0 Å². The molecule has 0 aliphatic heterocycles. The molecular formula is C8H6N2. The van der Waals surface area contributed by atoms with E-state index in [1.54, 1.807) is 18.3 Å². The van der Waals surface area contributed by atoms with Gasteiger partial charge < -0.3 is 0 Å². The molecule has 48 valence electrons. The molecule has 0 bridgehead atoms. The molecule has 0 aliphatic rings. The van der Waals surface area contributed by atoms with Gasteiger partial charge in [0.1, 0.15) is 6.07 Å². The predicted molar refractivity (Wildman–Crippen MR) is 39.0 cm³/mol. The summed E-state index contributed by atoms with van der Waals surface area (Å²) in [6.45, 7) is 3.56. The predicted octanol–water partition coefficient (Wildman–Crippen LogP) is 1.60. The van der Waals surface area contributed by atoms with Crippen LogP contribution in [0.15, 0.2) is 25.0 Å². The Kier molecular flexibility index (Phi) is 1.81. The first kappa shape index (κ1) is 6.50. The minimum Gasteiger partial charge on any atom is -0.263 e. The monoisotopic (exact) mass is 130 g/mol. The summed E-state index contributed by atoms with van der Waals surface area (Å²) in [7, 11) is 0.